The number of aliphatic hydroxyl groups is 1. The topological polar surface area (TPSA) is 80.7 Å². The zero-order valence-corrected chi connectivity index (χ0v) is 8.87. The maximum Gasteiger partial charge on any atom is 0.0972 e. The van der Waals surface area contributed by atoms with Gasteiger partial charge in [0, 0.05) is 6.54 Å². The second-order valence-corrected chi connectivity index (χ2v) is 5.19. The standard InChI is InChI=1S/C8H17NO4S/c10-8(7-14(11,12)13)6-9-4-2-1-3-5-9/h8,10H,1-7H2,(H,11,12,13)/p-1. The summed E-state index contributed by atoms with van der Waals surface area (Å²) in [5, 5.41) is 9.32. The van der Waals surface area contributed by atoms with Gasteiger partial charge in [-0.3, -0.25) is 0 Å². The molecule has 1 aliphatic heterocycles. The van der Waals surface area contributed by atoms with Gasteiger partial charge in [-0.05, 0) is 25.9 Å². The molecule has 84 valence electrons. The van der Waals surface area contributed by atoms with E-state index in [2.05, 4.69) is 0 Å². The second-order valence-electron chi connectivity index (χ2n) is 3.74. The van der Waals surface area contributed by atoms with Gasteiger partial charge in [-0.25, -0.2) is 8.42 Å². The first-order valence-electron chi connectivity index (χ1n) is 4.81. The first-order chi connectivity index (χ1) is 6.47. The van der Waals surface area contributed by atoms with Crippen LogP contribution < -0.4 is 0 Å². The van der Waals surface area contributed by atoms with E-state index in [1.807, 2.05) is 4.90 Å². The maximum atomic E-state index is 10.3. The van der Waals surface area contributed by atoms with Crippen LogP contribution in [0, 0.1) is 0 Å². The van der Waals surface area contributed by atoms with Crippen LogP contribution in [0.15, 0.2) is 0 Å². The smallest absolute Gasteiger partial charge is 0.0972 e. The van der Waals surface area contributed by atoms with Crippen LogP contribution in [0.1, 0.15) is 19.3 Å². The minimum absolute atomic E-state index is 0.293. The fourth-order valence-electron chi connectivity index (χ4n) is 1.73. The first kappa shape index (κ1) is 11.9. The van der Waals surface area contributed by atoms with E-state index in [0.717, 1.165) is 25.9 Å². The minimum atomic E-state index is -4.30. The van der Waals surface area contributed by atoms with Gasteiger partial charge in [0.25, 0.3) is 0 Å². The first-order valence-corrected chi connectivity index (χ1v) is 6.39. The van der Waals surface area contributed by atoms with Gasteiger partial charge < -0.3 is 14.6 Å². The highest BCUT2D eigenvalue weighted by molar-refractivity contribution is 7.85. The molecule has 0 aromatic rings. The maximum absolute atomic E-state index is 10.3. The molecule has 5 nitrogen and oxygen atoms in total. The Morgan fingerprint density at radius 2 is 1.86 bits per heavy atom. The molecule has 0 bridgehead atoms. The van der Waals surface area contributed by atoms with Crippen LogP contribution >= 0.6 is 0 Å². The van der Waals surface area contributed by atoms with Crippen LogP contribution in [0.25, 0.3) is 0 Å². The monoisotopic (exact) mass is 222 g/mol. The summed E-state index contributed by atoms with van der Waals surface area (Å²) in [5.41, 5.74) is 0. The van der Waals surface area contributed by atoms with E-state index in [-0.39, 0.29) is 0 Å². The van der Waals surface area contributed by atoms with Gasteiger partial charge in [-0.1, -0.05) is 6.42 Å². The highest BCUT2D eigenvalue weighted by Gasteiger charge is 2.16. The van der Waals surface area contributed by atoms with Crippen molar-refractivity contribution in [2.24, 2.45) is 0 Å². The van der Waals surface area contributed by atoms with E-state index in [0.29, 0.717) is 6.54 Å². The van der Waals surface area contributed by atoms with Gasteiger partial charge in [0.2, 0.25) is 0 Å². The SMILES string of the molecule is O=S(=O)([O-])CC(O)CN1CCCCC1. The third kappa shape index (κ3) is 4.90. The number of piperidine rings is 1. The predicted octanol–water partition coefficient (Wildman–Crippen LogP) is -0.622. The number of nitrogens with zero attached hydrogens (tertiary/aromatic N) is 1. The summed E-state index contributed by atoms with van der Waals surface area (Å²) in [6, 6.07) is 0. The number of β-amino-alcohol motifs (C(OH)–C–C–N with tert-alkyl or cyclic N) is 1. The van der Waals surface area contributed by atoms with Crippen LogP contribution in [0.3, 0.4) is 0 Å². The van der Waals surface area contributed by atoms with Gasteiger partial charge >= 0.3 is 0 Å². The van der Waals surface area contributed by atoms with Gasteiger partial charge in [0.15, 0.2) is 0 Å². The summed E-state index contributed by atoms with van der Waals surface area (Å²) in [6.07, 6.45) is 2.30. The lowest BCUT2D eigenvalue weighted by atomic mass is 10.1. The number of aliphatic hydroxyl groups excluding tert-OH is 1. The molecule has 1 fully saturated rings. The number of hydrogen-bond acceptors (Lipinski definition) is 5. The lowest BCUT2D eigenvalue weighted by Gasteiger charge is -2.28. The zero-order chi connectivity index (χ0) is 10.6. The Morgan fingerprint density at radius 1 is 1.29 bits per heavy atom. The Kier molecular flexibility index (Phi) is 4.31. The summed E-state index contributed by atoms with van der Waals surface area (Å²) in [4.78, 5) is 2.00. The Hall–Kier alpha value is -0.170. The fourth-order valence-corrected chi connectivity index (χ4v) is 2.31. The summed E-state index contributed by atoms with van der Waals surface area (Å²) in [7, 11) is -4.30. The second kappa shape index (κ2) is 5.06. The molecule has 1 atom stereocenters. The van der Waals surface area contributed by atoms with Crippen LogP contribution in [0.4, 0.5) is 0 Å². The zero-order valence-electron chi connectivity index (χ0n) is 8.05. The summed E-state index contributed by atoms with van der Waals surface area (Å²) in [6.45, 7) is 2.06. The third-order valence-corrected chi connectivity index (χ3v) is 3.11. The Morgan fingerprint density at radius 3 is 2.36 bits per heavy atom. The minimum Gasteiger partial charge on any atom is -0.748 e. The summed E-state index contributed by atoms with van der Waals surface area (Å²) in [5.74, 6) is -0.677. The molecule has 0 radical (unpaired) electrons. The molecule has 6 heteroatoms. The average molecular weight is 222 g/mol. The molecular weight excluding hydrogens is 206 g/mol. The van der Waals surface area contributed by atoms with Crippen molar-refractivity contribution in [1.29, 1.82) is 0 Å². The molecule has 0 aromatic heterocycles. The van der Waals surface area contributed by atoms with Crippen LogP contribution in [0.5, 0.6) is 0 Å². The van der Waals surface area contributed by atoms with Gasteiger partial charge in [0.1, 0.15) is 0 Å². The van der Waals surface area contributed by atoms with Crippen molar-refractivity contribution in [2.75, 3.05) is 25.4 Å². The lowest BCUT2D eigenvalue weighted by Crippen LogP contribution is -2.39. The van der Waals surface area contributed by atoms with Crippen molar-refractivity contribution < 1.29 is 18.1 Å². The predicted molar refractivity (Wildman–Crippen MR) is 50.9 cm³/mol. The summed E-state index contributed by atoms with van der Waals surface area (Å²) >= 11 is 0. The Balaban J connectivity index is 2.28. The van der Waals surface area contributed by atoms with E-state index < -0.39 is 22.0 Å². The molecule has 1 aliphatic rings. The van der Waals surface area contributed by atoms with Crippen molar-refractivity contribution in [2.45, 2.75) is 25.4 Å². The Labute approximate surface area is 84.5 Å². The van der Waals surface area contributed by atoms with Crippen molar-refractivity contribution >= 4 is 10.1 Å². The van der Waals surface area contributed by atoms with Gasteiger partial charge in [0.05, 0.1) is 22.0 Å². The molecule has 1 saturated heterocycles. The highest BCUT2D eigenvalue weighted by atomic mass is 32.2. The van der Waals surface area contributed by atoms with Gasteiger partial charge in [-0.15, -0.1) is 0 Å². The molecule has 1 rings (SSSR count). The molecule has 1 N–H and O–H groups in total. The molecule has 1 unspecified atom stereocenters. The van der Waals surface area contributed by atoms with E-state index >= 15 is 0 Å². The molecule has 0 aliphatic carbocycles. The largest absolute Gasteiger partial charge is 0.748 e. The van der Waals surface area contributed by atoms with E-state index in [1.165, 1.54) is 6.42 Å². The number of likely N-dealkylation sites (tertiary alicyclic amines) is 1. The molecule has 1 heterocycles. The van der Waals surface area contributed by atoms with Crippen LogP contribution in [0.2, 0.25) is 0 Å². The number of hydrogen-bond donors (Lipinski definition) is 1. The fraction of sp³-hybridized carbons (Fsp3) is 1.00. The molecule has 0 spiro atoms. The van der Waals surface area contributed by atoms with Crippen LogP contribution in [-0.4, -0.2) is 54.5 Å². The van der Waals surface area contributed by atoms with Crippen LogP contribution in [-0.2, 0) is 10.1 Å². The molecule has 14 heavy (non-hydrogen) atoms. The molecule has 0 amide bonds. The van der Waals surface area contributed by atoms with E-state index in [4.69, 9.17) is 0 Å². The van der Waals surface area contributed by atoms with Crippen molar-refractivity contribution in [3.8, 4) is 0 Å². The third-order valence-electron chi connectivity index (χ3n) is 2.31. The van der Waals surface area contributed by atoms with E-state index in [1.54, 1.807) is 0 Å². The molecular formula is C8H16NO4S-. The van der Waals surface area contributed by atoms with E-state index in [9.17, 15) is 18.1 Å². The summed E-state index contributed by atoms with van der Waals surface area (Å²) < 4.78 is 31.0. The van der Waals surface area contributed by atoms with Crippen molar-refractivity contribution in [3.05, 3.63) is 0 Å². The molecule has 0 aromatic carbocycles. The normalized spacial score (nSPS) is 22.1. The van der Waals surface area contributed by atoms with Crippen molar-refractivity contribution in [3.63, 3.8) is 0 Å². The number of rotatable bonds is 4. The molecule has 0 saturated carbocycles. The quantitative estimate of drug-likeness (QED) is 0.641. The average Bonchev–Trinajstić information content (AvgIpc) is 2.02. The van der Waals surface area contributed by atoms with Gasteiger partial charge in [-0.2, -0.15) is 0 Å². The lowest BCUT2D eigenvalue weighted by molar-refractivity contribution is 0.114. The Bertz CT molecular complexity index is 259. The van der Waals surface area contributed by atoms with Crippen molar-refractivity contribution in [1.82, 2.24) is 4.90 Å². The highest BCUT2D eigenvalue weighted by Crippen LogP contribution is 2.09.